The minimum atomic E-state index is 0. The summed E-state index contributed by atoms with van der Waals surface area (Å²) in [5.74, 6) is 0. The van der Waals surface area contributed by atoms with Gasteiger partial charge in [0.2, 0.25) is 0 Å². The van der Waals surface area contributed by atoms with E-state index < -0.39 is 0 Å². The maximum absolute atomic E-state index is 0. The summed E-state index contributed by atoms with van der Waals surface area (Å²) in [6.45, 7) is 0. The minimum absolute atomic E-state index is 0. The van der Waals surface area contributed by atoms with Crippen LogP contribution in [0, 0.1) is 0 Å². The number of halogens is 1. The molecule has 0 aromatic rings. The second-order valence-corrected chi connectivity index (χ2v) is 0. The summed E-state index contributed by atoms with van der Waals surface area (Å²) in [6.07, 6.45) is 0. The van der Waals surface area contributed by atoms with Crippen molar-refractivity contribution in [2.75, 3.05) is 0 Å². The van der Waals surface area contributed by atoms with Gasteiger partial charge in [-0.25, -0.2) is 0 Å². The molecule has 0 spiro atoms. The third kappa shape index (κ3) is 69.6. The van der Waals surface area contributed by atoms with Crippen LogP contribution in [0.2, 0.25) is 0 Å². The van der Waals surface area contributed by atoms with Crippen molar-refractivity contribution < 1.29 is 16.4 Å². The predicted octanol–water partition coefficient (Wildman–Crippen LogP) is -2.43. The van der Waals surface area contributed by atoms with Crippen molar-refractivity contribution in [3.8, 4) is 0 Å². The van der Waals surface area contributed by atoms with Gasteiger partial charge in [0.05, 0.1) is 0 Å². The van der Waals surface area contributed by atoms with Gasteiger partial charge in [0, 0.05) is 17.4 Å². The fourth-order valence-electron chi connectivity index (χ4n) is 0. The van der Waals surface area contributed by atoms with Crippen molar-refractivity contribution in [2.45, 2.75) is 0 Å². The smallest absolute Gasteiger partial charge is 0 e. The van der Waals surface area contributed by atoms with Gasteiger partial charge in [-0.2, -0.15) is 0 Å². The van der Waals surface area contributed by atoms with Crippen LogP contribution in [-0.2, 0) is 0 Å². The Labute approximate surface area is 46.8 Å². The minimum Gasteiger partial charge on any atom is -0.412 e. The van der Waals surface area contributed by atoms with Crippen LogP contribution in [0.25, 0.3) is 0 Å². The Bertz CT molecular complexity index is 6.85. The molecule has 5 heavy (non-hydrogen) atoms. The van der Waals surface area contributed by atoms with E-state index in [0.717, 1.165) is 0 Å². The molecule has 0 atom stereocenters. The largest absolute Gasteiger partial charge is 0.412 e. The second-order valence-electron chi connectivity index (χ2n) is 0. The molecule has 5 heteroatoms. The van der Waals surface area contributed by atoms with Crippen molar-refractivity contribution in [1.82, 2.24) is 0 Å². The van der Waals surface area contributed by atoms with Crippen LogP contribution >= 0.6 is 12.4 Å². The summed E-state index contributed by atoms with van der Waals surface area (Å²) in [4.78, 5) is 0. The first-order valence-electron chi connectivity index (χ1n) is 0. The zero-order chi connectivity index (χ0) is 0. The highest BCUT2D eigenvalue weighted by molar-refractivity contribution is 5.85. The maximum Gasteiger partial charge on any atom is 0 e. The van der Waals surface area contributed by atoms with E-state index in [1.165, 1.54) is 0 Å². The van der Waals surface area contributed by atoms with Gasteiger partial charge < -0.3 is 16.4 Å². The molecule has 0 saturated heterocycles. The van der Waals surface area contributed by atoms with Gasteiger partial charge in [-0.3, -0.25) is 0 Å². The Morgan fingerprint density at radius 3 is 0.600 bits per heavy atom. The van der Waals surface area contributed by atoms with Crippen LogP contribution in [0.5, 0.6) is 0 Å². The van der Waals surface area contributed by atoms with Crippen molar-refractivity contribution in [1.29, 1.82) is 0 Å². The molecular formula is H7AlClO3. The molecular weight excluding hydrogens is 110 g/mol. The maximum atomic E-state index is 0. The van der Waals surface area contributed by atoms with Crippen molar-refractivity contribution >= 4 is 29.8 Å². The summed E-state index contributed by atoms with van der Waals surface area (Å²) in [5, 5.41) is 0. The van der Waals surface area contributed by atoms with Crippen LogP contribution < -0.4 is 0 Å². The lowest BCUT2D eigenvalue weighted by Gasteiger charge is -0.413. The molecule has 0 heterocycles. The van der Waals surface area contributed by atoms with Gasteiger partial charge in [-0.05, 0) is 0 Å². The first-order chi connectivity index (χ1) is 0. The van der Waals surface area contributed by atoms with E-state index in [9.17, 15) is 0 Å². The van der Waals surface area contributed by atoms with Gasteiger partial charge in [-0.15, -0.1) is 12.4 Å². The monoisotopic (exact) mass is 117 g/mol. The molecule has 0 aromatic heterocycles. The van der Waals surface area contributed by atoms with E-state index in [1.807, 2.05) is 0 Å². The lowest BCUT2D eigenvalue weighted by molar-refractivity contribution is 0.823. The first-order valence-corrected chi connectivity index (χ1v) is 0. The highest BCUT2D eigenvalue weighted by atomic mass is 35.5. The van der Waals surface area contributed by atoms with Gasteiger partial charge in [0.25, 0.3) is 0 Å². The zero-order valence-corrected chi connectivity index (χ0v) is 4.46. The number of hydrogen-bond donors (Lipinski definition) is 0. The third-order valence-electron chi connectivity index (χ3n) is 0. The quantitative estimate of drug-likeness (QED) is 0.316. The van der Waals surface area contributed by atoms with Crippen LogP contribution in [0.3, 0.4) is 0 Å². The summed E-state index contributed by atoms with van der Waals surface area (Å²) in [5.41, 5.74) is 0. The second kappa shape index (κ2) is 131. The Balaban J connectivity index is 0. The average molecular weight is 117 g/mol. The summed E-state index contributed by atoms with van der Waals surface area (Å²) >= 11 is 0. The van der Waals surface area contributed by atoms with Gasteiger partial charge in [-0.1, -0.05) is 0 Å². The summed E-state index contributed by atoms with van der Waals surface area (Å²) in [6, 6.07) is 0. The number of hydrogen-bond acceptors (Lipinski definition) is 0. The average Bonchev–Trinajstić information content (AvgIpc) is 0. The topological polar surface area (TPSA) is 94.5 Å². The molecule has 0 saturated carbocycles. The molecule has 6 N–H and O–H groups in total. The van der Waals surface area contributed by atoms with E-state index in [0.29, 0.717) is 0 Å². The molecule has 35 valence electrons. The molecule has 3 nitrogen and oxygen atoms in total. The van der Waals surface area contributed by atoms with Crippen LogP contribution in [-0.4, -0.2) is 33.8 Å². The molecule has 3 radical (unpaired) electrons. The Kier molecular flexibility index (Phi) is 6680. The SMILES string of the molecule is Cl.O.O.O.[Al]. The Morgan fingerprint density at radius 2 is 0.600 bits per heavy atom. The molecule has 0 rings (SSSR count). The van der Waals surface area contributed by atoms with E-state index in [4.69, 9.17) is 0 Å². The molecule has 0 amide bonds. The van der Waals surface area contributed by atoms with E-state index in [1.54, 1.807) is 0 Å². The Morgan fingerprint density at radius 1 is 0.600 bits per heavy atom. The van der Waals surface area contributed by atoms with Crippen LogP contribution in [0.1, 0.15) is 0 Å². The van der Waals surface area contributed by atoms with Crippen molar-refractivity contribution in [3.63, 3.8) is 0 Å². The molecule has 0 fully saturated rings. The van der Waals surface area contributed by atoms with Crippen LogP contribution in [0.15, 0.2) is 0 Å². The van der Waals surface area contributed by atoms with Gasteiger partial charge in [0.15, 0.2) is 0 Å². The van der Waals surface area contributed by atoms with Gasteiger partial charge >= 0.3 is 0 Å². The molecule has 0 aliphatic carbocycles. The van der Waals surface area contributed by atoms with E-state index >= 15 is 0 Å². The zero-order valence-electron chi connectivity index (χ0n) is 2.49. The predicted molar refractivity (Wildman–Crippen MR) is 23.8 cm³/mol. The van der Waals surface area contributed by atoms with Crippen LogP contribution in [0.4, 0.5) is 0 Å². The van der Waals surface area contributed by atoms with E-state index in [2.05, 4.69) is 0 Å². The fourth-order valence-corrected chi connectivity index (χ4v) is 0. The molecule has 0 unspecified atom stereocenters. The number of rotatable bonds is 0. The molecule has 0 bridgehead atoms. The lowest BCUT2D eigenvalue weighted by Crippen LogP contribution is -0.381. The highest BCUT2D eigenvalue weighted by Crippen LogP contribution is 0.690. The lowest BCUT2D eigenvalue weighted by atomic mass is 16.0. The third-order valence-corrected chi connectivity index (χ3v) is 0. The molecule has 0 aromatic carbocycles. The first kappa shape index (κ1) is 256. The fraction of sp³-hybridized carbons (Fsp3) is 0. The summed E-state index contributed by atoms with van der Waals surface area (Å²) < 4.78 is 0. The Hall–Kier alpha value is 0.702. The molecule has 0 aliphatic heterocycles. The van der Waals surface area contributed by atoms with Gasteiger partial charge in [0.1, 0.15) is 0 Å². The van der Waals surface area contributed by atoms with Crippen molar-refractivity contribution in [2.24, 2.45) is 0 Å². The summed E-state index contributed by atoms with van der Waals surface area (Å²) in [7, 11) is 0. The van der Waals surface area contributed by atoms with E-state index in [-0.39, 0.29) is 46.2 Å². The highest BCUT2D eigenvalue weighted by Gasteiger charge is 0.0000142. The van der Waals surface area contributed by atoms with Crippen molar-refractivity contribution in [3.05, 3.63) is 0 Å². The molecule has 0 aliphatic rings. The standard InChI is InChI=1S/Al.ClH.3H2O/h;1H;3*1H2. The normalized spacial score (nSPS) is 0.